The van der Waals surface area contributed by atoms with Crippen molar-refractivity contribution in [1.82, 2.24) is 4.98 Å². The summed E-state index contributed by atoms with van der Waals surface area (Å²) in [5, 5.41) is 3.16. The zero-order valence-electron chi connectivity index (χ0n) is 12.3. The average molecular weight is 274 g/mol. The lowest BCUT2D eigenvalue weighted by atomic mass is 9.98. The number of aromatic nitrogens is 1. The van der Waals surface area contributed by atoms with Crippen molar-refractivity contribution in [3.8, 4) is 11.3 Å². The predicted molar refractivity (Wildman–Crippen MR) is 83.5 cm³/mol. The first-order valence-electron chi connectivity index (χ1n) is 6.69. The zero-order chi connectivity index (χ0) is 14.2. The lowest BCUT2D eigenvalue weighted by Gasteiger charge is -2.12. The molecule has 0 saturated heterocycles. The first kappa shape index (κ1) is 14.2. The fourth-order valence-electron chi connectivity index (χ4n) is 2.42. The van der Waals surface area contributed by atoms with Crippen LogP contribution in [0.1, 0.15) is 41.6 Å². The molecule has 0 spiro atoms. The van der Waals surface area contributed by atoms with Crippen LogP contribution in [0, 0.1) is 26.7 Å². The molecular weight excluding hydrogens is 252 g/mol. The van der Waals surface area contributed by atoms with Crippen molar-refractivity contribution in [2.45, 2.75) is 40.7 Å². The predicted octanol–water partition coefficient (Wildman–Crippen LogP) is 4.39. The van der Waals surface area contributed by atoms with Gasteiger partial charge in [0.2, 0.25) is 0 Å². The number of benzene rings is 1. The highest BCUT2D eigenvalue weighted by molar-refractivity contribution is 7.10. The van der Waals surface area contributed by atoms with E-state index in [1.807, 2.05) is 0 Å². The number of aryl methyl sites for hydroxylation is 3. The van der Waals surface area contributed by atoms with Crippen molar-refractivity contribution in [3.05, 3.63) is 39.2 Å². The molecule has 0 fully saturated rings. The van der Waals surface area contributed by atoms with Crippen molar-refractivity contribution in [2.24, 2.45) is 11.7 Å². The molecule has 2 rings (SSSR count). The standard InChI is InChI=1S/C16H22N2S/c1-9(2)15(17)16-18-13(8-19-16)14-11(4)6-10(3)7-12(14)5/h6-9,15H,17H2,1-5H3. The van der Waals surface area contributed by atoms with Crippen molar-refractivity contribution < 1.29 is 0 Å². The monoisotopic (exact) mass is 274 g/mol. The van der Waals surface area contributed by atoms with Gasteiger partial charge in [0.25, 0.3) is 0 Å². The van der Waals surface area contributed by atoms with Crippen LogP contribution >= 0.6 is 11.3 Å². The third-order valence-electron chi connectivity index (χ3n) is 3.46. The first-order chi connectivity index (χ1) is 8.90. The van der Waals surface area contributed by atoms with E-state index in [2.05, 4.69) is 52.1 Å². The van der Waals surface area contributed by atoms with Crippen molar-refractivity contribution in [2.75, 3.05) is 0 Å². The Kier molecular flexibility index (Phi) is 4.07. The van der Waals surface area contributed by atoms with Gasteiger partial charge in [-0.2, -0.15) is 0 Å². The quantitative estimate of drug-likeness (QED) is 0.901. The van der Waals surface area contributed by atoms with E-state index in [4.69, 9.17) is 10.7 Å². The van der Waals surface area contributed by atoms with Crippen LogP contribution in [0.3, 0.4) is 0 Å². The summed E-state index contributed by atoms with van der Waals surface area (Å²) < 4.78 is 0. The second-order valence-electron chi connectivity index (χ2n) is 5.61. The Bertz CT molecular complexity index is 561. The second kappa shape index (κ2) is 5.43. The maximum atomic E-state index is 6.18. The van der Waals surface area contributed by atoms with E-state index in [0.717, 1.165) is 10.7 Å². The smallest absolute Gasteiger partial charge is 0.110 e. The van der Waals surface area contributed by atoms with Gasteiger partial charge in [-0.05, 0) is 37.8 Å². The summed E-state index contributed by atoms with van der Waals surface area (Å²) in [4.78, 5) is 4.75. The number of rotatable bonds is 3. The van der Waals surface area contributed by atoms with Crippen LogP contribution in [0.15, 0.2) is 17.5 Å². The third kappa shape index (κ3) is 2.88. The minimum absolute atomic E-state index is 0.0322. The van der Waals surface area contributed by atoms with E-state index in [1.165, 1.54) is 22.3 Å². The van der Waals surface area contributed by atoms with E-state index >= 15 is 0 Å². The number of nitrogens with two attached hydrogens (primary N) is 1. The fraction of sp³-hybridized carbons (Fsp3) is 0.438. The molecule has 0 aliphatic rings. The Morgan fingerprint density at radius 1 is 1.11 bits per heavy atom. The summed E-state index contributed by atoms with van der Waals surface area (Å²) in [6.45, 7) is 10.7. The normalized spacial score (nSPS) is 13.0. The minimum Gasteiger partial charge on any atom is -0.322 e. The molecule has 19 heavy (non-hydrogen) atoms. The van der Waals surface area contributed by atoms with Gasteiger partial charge in [0.1, 0.15) is 5.01 Å². The molecule has 1 heterocycles. The van der Waals surface area contributed by atoms with Gasteiger partial charge in [-0.1, -0.05) is 31.5 Å². The number of hydrogen-bond donors (Lipinski definition) is 1. The molecule has 0 bridgehead atoms. The van der Waals surface area contributed by atoms with Gasteiger partial charge in [-0.25, -0.2) is 4.98 Å². The van der Waals surface area contributed by atoms with E-state index in [0.29, 0.717) is 5.92 Å². The van der Waals surface area contributed by atoms with Crippen LogP contribution in [-0.4, -0.2) is 4.98 Å². The molecule has 0 amide bonds. The molecule has 1 atom stereocenters. The number of hydrogen-bond acceptors (Lipinski definition) is 3. The fourth-order valence-corrected chi connectivity index (χ4v) is 3.41. The summed E-state index contributed by atoms with van der Waals surface area (Å²) in [7, 11) is 0. The number of nitrogens with zero attached hydrogens (tertiary/aromatic N) is 1. The van der Waals surface area contributed by atoms with Gasteiger partial charge in [-0.15, -0.1) is 11.3 Å². The summed E-state index contributed by atoms with van der Waals surface area (Å²) in [5.74, 6) is 0.416. The highest BCUT2D eigenvalue weighted by Crippen LogP contribution is 2.32. The molecule has 0 aliphatic heterocycles. The first-order valence-corrected chi connectivity index (χ1v) is 7.57. The van der Waals surface area contributed by atoms with E-state index < -0.39 is 0 Å². The van der Waals surface area contributed by atoms with Gasteiger partial charge in [-0.3, -0.25) is 0 Å². The molecule has 2 N–H and O–H groups in total. The summed E-state index contributed by atoms with van der Waals surface area (Å²) in [5.41, 5.74) is 12.4. The molecular formula is C16H22N2S. The summed E-state index contributed by atoms with van der Waals surface area (Å²) in [6.07, 6.45) is 0. The van der Waals surface area contributed by atoms with Crippen molar-refractivity contribution >= 4 is 11.3 Å². The van der Waals surface area contributed by atoms with Crippen molar-refractivity contribution in [3.63, 3.8) is 0 Å². The second-order valence-corrected chi connectivity index (χ2v) is 6.50. The third-order valence-corrected chi connectivity index (χ3v) is 4.40. The highest BCUT2D eigenvalue weighted by atomic mass is 32.1. The molecule has 2 nitrogen and oxygen atoms in total. The van der Waals surface area contributed by atoms with Crippen molar-refractivity contribution in [1.29, 1.82) is 0 Å². The van der Waals surface area contributed by atoms with Gasteiger partial charge in [0, 0.05) is 10.9 Å². The van der Waals surface area contributed by atoms with Crippen LogP contribution in [0.4, 0.5) is 0 Å². The van der Waals surface area contributed by atoms with Crippen LogP contribution in [0.2, 0.25) is 0 Å². The molecule has 1 aromatic carbocycles. The van der Waals surface area contributed by atoms with Gasteiger partial charge < -0.3 is 5.73 Å². The van der Waals surface area contributed by atoms with E-state index in [9.17, 15) is 0 Å². The lowest BCUT2D eigenvalue weighted by molar-refractivity contribution is 0.512. The molecule has 1 unspecified atom stereocenters. The van der Waals surface area contributed by atoms with Gasteiger partial charge >= 0.3 is 0 Å². The Hall–Kier alpha value is -1.19. The van der Waals surface area contributed by atoms with Crippen LogP contribution < -0.4 is 5.73 Å². The molecule has 3 heteroatoms. The van der Waals surface area contributed by atoms with Crippen LogP contribution in [0.25, 0.3) is 11.3 Å². The largest absolute Gasteiger partial charge is 0.322 e. The number of thiazole rings is 1. The molecule has 0 aliphatic carbocycles. The van der Waals surface area contributed by atoms with Gasteiger partial charge in [0.05, 0.1) is 11.7 Å². The Morgan fingerprint density at radius 2 is 1.68 bits per heavy atom. The van der Waals surface area contributed by atoms with Crippen LogP contribution in [0.5, 0.6) is 0 Å². The highest BCUT2D eigenvalue weighted by Gasteiger charge is 2.16. The lowest BCUT2D eigenvalue weighted by Crippen LogP contribution is -2.16. The maximum Gasteiger partial charge on any atom is 0.110 e. The SMILES string of the molecule is Cc1cc(C)c(-c2csc(C(N)C(C)C)n2)c(C)c1. The minimum atomic E-state index is 0.0322. The van der Waals surface area contributed by atoms with Crippen LogP contribution in [-0.2, 0) is 0 Å². The van der Waals surface area contributed by atoms with E-state index in [-0.39, 0.29) is 6.04 Å². The zero-order valence-corrected chi connectivity index (χ0v) is 13.1. The Morgan fingerprint density at radius 3 is 2.21 bits per heavy atom. The topological polar surface area (TPSA) is 38.9 Å². The molecule has 1 aromatic heterocycles. The molecule has 0 saturated carbocycles. The molecule has 2 aromatic rings. The Labute approximate surface area is 119 Å². The maximum absolute atomic E-state index is 6.18. The molecule has 102 valence electrons. The Balaban J connectivity index is 2.44. The molecule has 0 radical (unpaired) electrons. The average Bonchev–Trinajstić information content (AvgIpc) is 2.75. The summed E-state index contributed by atoms with van der Waals surface area (Å²) in [6, 6.07) is 4.46. The van der Waals surface area contributed by atoms with Gasteiger partial charge in [0.15, 0.2) is 0 Å². The van der Waals surface area contributed by atoms with E-state index in [1.54, 1.807) is 11.3 Å². The summed E-state index contributed by atoms with van der Waals surface area (Å²) >= 11 is 1.67.